The Labute approximate surface area is 106 Å². The molecule has 17 heavy (non-hydrogen) atoms. The van der Waals surface area contributed by atoms with Gasteiger partial charge in [0, 0.05) is 11.4 Å². The van der Waals surface area contributed by atoms with Gasteiger partial charge in [-0.1, -0.05) is 29.8 Å². The monoisotopic (exact) mass is 256 g/mol. The molecule has 1 heterocycles. The third kappa shape index (κ3) is 3.68. The number of halogens is 1. The number of aliphatic hydroxyl groups is 1. The van der Waals surface area contributed by atoms with E-state index in [0.717, 1.165) is 25.2 Å². The van der Waals surface area contributed by atoms with Crippen LogP contribution in [0.2, 0.25) is 5.02 Å². The second-order valence-electron chi connectivity index (χ2n) is 4.14. The average molecular weight is 257 g/mol. The zero-order valence-corrected chi connectivity index (χ0v) is 10.4. The first kappa shape index (κ1) is 12.8. The standard InChI is InChI=1S/C13H17ClO3/c14-11-5-2-1-4-10(11)12(15)6-7-13-16-8-3-9-17-13/h1-2,4-5,12-13,15H,3,6-9H2/t12-/m0/s1. The van der Waals surface area contributed by atoms with Crippen molar-refractivity contribution in [2.45, 2.75) is 31.7 Å². The molecule has 1 atom stereocenters. The van der Waals surface area contributed by atoms with Crippen molar-refractivity contribution in [1.29, 1.82) is 0 Å². The average Bonchev–Trinajstić information content (AvgIpc) is 2.38. The maximum Gasteiger partial charge on any atom is 0.157 e. The molecule has 1 N–H and O–H groups in total. The molecule has 1 saturated heterocycles. The van der Waals surface area contributed by atoms with Gasteiger partial charge in [-0.2, -0.15) is 0 Å². The molecule has 0 aliphatic carbocycles. The molecule has 2 rings (SSSR count). The van der Waals surface area contributed by atoms with Crippen molar-refractivity contribution in [3.63, 3.8) is 0 Å². The van der Waals surface area contributed by atoms with Crippen molar-refractivity contribution < 1.29 is 14.6 Å². The lowest BCUT2D eigenvalue weighted by atomic mass is 10.0. The molecular formula is C13H17ClO3. The summed E-state index contributed by atoms with van der Waals surface area (Å²) in [6, 6.07) is 7.35. The fourth-order valence-electron chi connectivity index (χ4n) is 1.90. The van der Waals surface area contributed by atoms with Crippen LogP contribution in [0.15, 0.2) is 24.3 Å². The largest absolute Gasteiger partial charge is 0.388 e. The van der Waals surface area contributed by atoms with E-state index in [-0.39, 0.29) is 6.29 Å². The number of benzene rings is 1. The van der Waals surface area contributed by atoms with Crippen molar-refractivity contribution in [1.82, 2.24) is 0 Å². The number of ether oxygens (including phenoxy) is 2. The highest BCUT2D eigenvalue weighted by molar-refractivity contribution is 6.31. The Kier molecular flexibility index (Phi) is 4.80. The SMILES string of the molecule is O[C@@H](CCC1OCCCO1)c1ccccc1Cl. The lowest BCUT2D eigenvalue weighted by Crippen LogP contribution is -2.25. The third-order valence-corrected chi connectivity index (χ3v) is 3.18. The van der Waals surface area contributed by atoms with E-state index < -0.39 is 6.10 Å². The van der Waals surface area contributed by atoms with Crippen LogP contribution in [-0.4, -0.2) is 24.6 Å². The van der Waals surface area contributed by atoms with Crippen LogP contribution in [0.5, 0.6) is 0 Å². The quantitative estimate of drug-likeness (QED) is 0.900. The van der Waals surface area contributed by atoms with Gasteiger partial charge in [0.25, 0.3) is 0 Å². The van der Waals surface area contributed by atoms with E-state index in [4.69, 9.17) is 21.1 Å². The van der Waals surface area contributed by atoms with Gasteiger partial charge >= 0.3 is 0 Å². The first-order valence-electron chi connectivity index (χ1n) is 5.93. The van der Waals surface area contributed by atoms with Gasteiger partial charge in [0.05, 0.1) is 19.3 Å². The maximum absolute atomic E-state index is 10.0. The summed E-state index contributed by atoms with van der Waals surface area (Å²) in [6.07, 6.45) is 1.49. The van der Waals surface area contributed by atoms with Crippen molar-refractivity contribution in [3.8, 4) is 0 Å². The van der Waals surface area contributed by atoms with Gasteiger partial charge < -0.3 is 14.6 Å². The first-order valence-corrected chi connectivity index (χ1v) is 6.31. The second-order valence-corrected chi connectivity index (χ2v) is 4.55. The minimum Gasteiger partial charge on any atom is -0.388 e. The number of rotatable bonds is 4. The van der Waals surface area contributed by atoms with E-state index in [0.29, 0.717) is 17.9 Å². The summed E-state index contributed by atoms with van der Waals surface area (Å²) < 4.78 is 10.9. The van der Waals surface area contributed by atoms with Gasteiger partial charge in [-0.15, -0.1) is 0 Å². The number of hydrogen-bond acceptors (Lipinski definition) is 3. The predicted octanol–water partition coefficient (Wildman–Crippen LogP) is 2.92. The highest BCUT2D eigenvalue weighted by atomic mass is 35.5. The Morgan fingerprint density at radius 3 is 2.71 bits per heavy atom. The van der Waals surface area contributed by atoms with E-state index in [2.05, 4.69) is 0 Å². The van der Waals surface area contributed by atoms with Crippen LogP contribution in [0, 0.1) is 0 Å². The van der Waals surface area contributed by atoms with Crippen LogP contribution < -0.4 is 0 Å². The molecule has 0 radical (unpaired) electrons. The van der Waals surface area contributed by atoms with Crippen LogP contribution >= 0.6 is 11.6 Å². The molecule has 1 aliphatic rings. The van der Waals surface area contributed by atoms with Crippen LogP contribution in [-0.2, 0) is 9.47 Å². The van der Waals surface area contributed by atoms with Crippen molar-refractivity contribution in [2.75, 3.05) is 13.2 Å². The minimum absolute atomic E-state index is 0.180. The smallest absolute Gasteiger partial charge is 0.157 e. The van der Waals surface area contributed by atoms with E-state index in [1.165, 1.54) is 0 Å². The van der Waals surface area contributed by atoms with Crippen LogP contribution in [0.25, 0.3) is 0 Å². The molecular weight excluding hydrogens is 240 g/mol. The number of hydrogen-bond donors (Lipinski definition) is 1. The van der Waals surface area contributed by atoms with Gasteiger partial charge in [-0.3, -0.25) is 0 Å². The van der Waals surface area contributed by atoms with Gasteiger partial charge in [0.15, 0.2) is 6.29 Å². The van der Waals surface area contributed by atoms with Gasteiger partial charge in [0.1, 0.15) is 0 Å². The van der Waals surface area contributed by atoms with Gasteiger partial charge in [-0.05, 0) is 24.5 Å². The molecule has 1 aromatic carbocycles. The molecule has 0 bridgehead atoms. The predicted molar refractivity (Wildman–Crippen MR) is 66.0 cm³/mol. The topological polar surface area (TPSA) is 38.7 Å². The lowest BCUT2D eigenvalue weighted by molar-refractivity contribution is -0.183. The third-order valence-electron chi connectivity index (χ3n) is 2.84. The molecule has 0 saturated carbocycles. The summed E-state index contributed by atoms with van der Waals surface area (Å²) in [7, 11) is 0. The highest BCUT2D eigenvalue weighted by Crippen LogP contribution is 2.27. The molecule has 0 unspecified atom stereocenters. The van der Waals surface area contributed by atoms with Gasteiger partial charge in [-0.25, -0.2) is 0 Å². The summed E-state index contributed by atoms with van der Waals surface area (Å²) in [4.78, 5) is 0. The Hall–Kier alpha value is -0.610. The van der Waals surface area contributed by atoms with Crippen molar-refractivity contribution in [2.24, 2.45) is 0 Å². The van der Waals surface area contributed by atoms with E-state index in [1.807, 2.05) is 18.2 Å². The van der Waals surface area contributed by atoms with Crippen molar-refractivity contribution in [3.05, 3.63) is 34.9 Å². The maximum atomic E-state index is 10.0. The molecule has 4 heteroatoms. The van der Waals surface area contributed by atoms with Crippen LogP contribution in [0.4, 0.5) is 0 Å². The molecule has 94 valence electrons. The Bertz CT molecular complexity index is 350. The zero-order valence-electron chi connectivity index (χ0n) is 9.64. The molecule has 0 spiro atoms. The fraction of sp³-hybridized carbons (Fsp3) is 0.538. The summed E-state index contributed by atoms with van der Waals surface area (Å²) in [5.74, 6) is 0. The minimum atomic E-state index is -0.558. The molecule has 1 aromatic rings. The Balaban J connectivity index is 1.84. The zero-order chi connectivity index (χ0) is 12.1. The Morgan fingerprint density at radius 1 is 1.29 bits per heavy atom. The second kappa shape index (κ2) is 6.36. The van der Waals surface area contributed by atoms with E-state index >= 15 is 0 Å². The number of aliphatic hydroxyl groups excluding tert-OH is 1. The molecule has 3 nitrogen and oxygen atoms in total. The van der Waals surface area contributed by atoms with Crippen molar-refractivity contribution >= 4 is 11.6 Å². The van der Waals surface area contributed by atoms with E-state index in [1.54, 1.807) is 6.07 Å². The van der Waals surface area contributed by atoms with Crippen LogP contribution in [0.3, 0.4) is 0 Å². The molecule has 1 aliphatic heterocycles. The fourth-order valence-corrected chi connectivity index (χ4v) is 2.16. The first-order chi connectivity index (χ1) is 8.27. The highest BCUT2D eigenvalue weighted by Gasteiger charge is 2.17. The summed E-state index contributed by atoms with van der Waals surface area (Å²) in [5.41, 5.74) is 0.768. The molecule has 0 aromatic heterocycles. The molecule has 0 amide bonds. The normalized spacial score (nSPS) is 19.2. The van der Waals surface area contributed by atoms with E-state index in [9.17, 15) is 5.11 Å². The Morgan fingerprint density at radius 2 is 2.00 bits per heavy atom. The summed E-state index contributed by atoms with van der Waals surface area (Å²) in [5, 5.41) is 10.6. The van der Waals surface area contributed by atoms with Gasteiger partial charge in [0.2, 0.25) is 0 Å². The van der Waals surface area contributed by atoms with Crippen LogP contribution in [0.1, 0.15) is 30.9 Å². The lowest BCUT2D eigenvalue weighted by Gasteiger charge is -2.24. The summed E-state index contributed by atoms with van der Waals surface area (Å²) in [6.45, 7) is 1.49. The summed E-state index contributed by atoms with van der Waals surface area (Å²) >= 11 is 6.02. The molecule has 1 fully saturated rings.